The van der Waals surface area contributed by atoms with Crippen LogP contribution in [0.15, 0.2) is 21.9 Å². The molecule has 1 aromatic rings. The van der Waals surface area contributed by atoms with Crippen LogP contribution in [0.3, 0.4) is 0 Å². The summed E-state index contributed by atoms with van der Waals surface area (Å²) in [7, 11) is 2.84. The lowest BCUT2D eigenvalue weighted by Gasteiger charge is -2.28. The lowest BCUT2D eigenvalue weighted by Crippen LogP contribution is -2.42. The van der Waals surface area contributed by atoms with Crippen molar-refractivity contribution in [2.45, 2.75) is 31.8 Å². The minimum Gasteiger partial charge on any atom is -0.386 e. The molecule has 1 heterocycles. The first-order valence-corrected chi connectivity index (χ1v) is 5.60. The molecule has 0 saturated heterocycles. The summed E-state index contributed by atoms with van der Waals surface area (Å²) in [5, 5.41) is 10.1. The molecule has 7 nitrogen and oxygen atoms in total. The molecular formula is C11H18N2O5. The third kappa shape index (κ3) is 3.06. The van der Waals surface area contributed by atoms with Gasteiger partial charge in [-0.15, -0.1) is 0 Å². The quantitative estimate of drug-likeness (QED) is 0.715. The summed E-state index contributed by atoms with van der Waals surface area (Å²) >= 11 is 0. The van der Waals surface area contributed by atoms with Gasteiger partial charge in [0.1, 0.15) is 6.10 Å². The molecule has 3 atom stereocenters. The van der Waals surface area contributed by atoms with Crippen LogP contribution in [0.25, 0.3) is 0 Å². The van der Waals surface area contributed by atoms with Crippen molar-refractivity contribution in [1.29, 1.82) is 0 Å². The van der Waals surface area contributed by atoms with Crippen molar-refractivity contribution in [2.24, 2.45) is 0 Å². The van der Waals surface area contributed by atoms with Crippen LogP contribution in [0.5, 0.6) is 0 Å². The highest BCUT2D eigenvalue weighted by Gasteiger charge is 2.28. The van der Waals surface area contributed by atoms with Crippen LogP contribution in [0.4, 0.5) is 0 Å². The number of aliphatic hydroxyl groups excluding tert-OH is 1. The predicted octanol–water partition coefficient (Wildman–Crippen LogP) is -0.532. The van der Waals surface area contributed by atoms with Gasteiger partial charge in [0.15, 0.2) is 6.23 Å². The number of ether oxygens (including phenoxy) is 2. The maximum absolute atomic E-state index is 11.6. The molecule has 3 unspecified atom stereocenters. The molecule has 0 aromatic carbocycles. The normalized spacial score (nSPS) is 16.2. The Balaban J connectivity index is 3.09. The molecule has 102 valence electrons. The van der Waals surface area contributed by atoms with Gasteiger partial charge in [0.2, 0.25) is 0 Å². The highest BCUT2D eigenvalue weighted by atomic mass is 16.5. The fourth-order valence-corrected chi connectivity index (χ4v) is 1.78. The number of aliphatic hydroxyl groups is 1. The number of methoxy groups -OCH3 is 2. The van der Waals surface area contributed by atoms with Crippen molar-refractivity contribution < 1.29 is 14.6 Å². The largest absolute Gasteiger partial charge is 0.386 e. The fourth-order valence-electron chi connectivity index (χ4n) is 1.78. The smallest absolute Gasteiger partial charge is 0.330 e. The number of nitrogens with one attached hydrogen (secondary N) is 1. The second-order valence-corrected chi connectivity index (χ2v) is 3.82. The zero-order valence-corrected chi connectivity index (χ0v) is 10.6. The third-order valence-electron chi connectivity index (χ3n) is 2.75. The standard InChI is InChI=1S/C11H18N2O5/c1-4-7(17-2)9(15)10(18-3)13-6-5-8(14)12-11(13)16/h5-7,9-10,15H,4H2,1-3H3,(H,12,14,16). The summed E-state index contributed by atoms with van der Waals surface area (Å²) < 4.78 is 11.3. The van der Waals surface area contributed by atoms with E-state index in [4.69, 9.17) is 9.47 Å². The molecule has 0 fully saturated rings. The Bertz CT molecular complexity index is 477. The number of hydrogen-bond donors (Lipinski definition) is 2. The average molecular weight is 258 g/mol. The first kappa shape index (κ1) is 14.6. The van der Waals surface area contributed by atoms with Crippen LogP contribution in [0, 0.1) is 0 Å². The number of nitrogens with zero attached hydrogens (tertiary/aromatic N) is 1. The van der Waals surface area contributed by atoms with Gasteiger partial charge in [0.05, 0.1) is 6.10 Å². The zero-order valence-electron chi connectivity index (χ0n) is 10.6. The molecule has 0 spiro atoms. The summed E-state index contributed by atoms with van der Waals surface area (Å²) in [6.07, 6.45) is -0.557. The summed E-state index contributed by atoms with van der Waals surface area (Å²) in [6.45, 7) is 1.85. The molecule has 1 aromatic heterocycles. The summed E-state index contributed by atoms with van der Waals surface area (Å²) in [6, 6.07) is 1.19. The van der Waals surface area contributed by atoms with E-state index < -0.39 is 29.7 Å². The van der Waals surface area contributed by atoms with Crippen molar-refractivity contribution in [3.05, 3.63) is 33.1 Å². The molecule has 0 bridgehead atoms. The van der Waals surface area contributed by atoms with Gasteiger partial charge in [0.25, 0.3) is 5.56 Å². The minimum atomic E-state index is -1.02. The van der Waals surface area contributed by atoms with Crippen molar-refractivity contribution in [3.63, 3.8) is 0 Å². The first-order chi connectivity index (χ1) is 8.54. The molecule has 0 amide bonds. The Hall–Kier alpha value is -1.44. The van der Waals surface area contributed by atoms with E-state index in [2.05, 4.69) is 4.98 Å². The van der Waals surface area contributed by atoms with E-state index in [1.165, 1.54) is 26.5 Å². The van der Waals surface area contributed by atoms with Crippen LogP contribution in [-0.4, -0.2) is 41.1 Å². The highest BCUT2D eigenvalue weighted by Crippen LogP contribution is 2.17. The van der Waals surface area contributed by atoms with Gasteiger partial charge in [-0.05, 0) is 6.42 Å². The molecule has 0 aliphatic heterocycles. The molecule has 0 saturated carbocycles. The van der Waals surface area contributed by atoms with Gasteiger partial charge < -0.3 is 14.6 Å². The van der Waals surface area contributed by atoms with Crippen LogP contribution >= 0.6 is 0 Å². The SMILES string of the molecule is CCC(OC)C(O)C(OC)n1ccc(=O)[nH]c1=O. The fraction of sp³-hybridized carbons (Fsp3) is 0.636. The molecule has 0 aliphatic rings. The Morgan fingerprint density at radius 2 is 2.06 bits per heavy atom. The molecular weight excluding hydrogens is 240 g/mol. The second kappa shape index (κ2) is 6.48. The highest BCUT2D eigenvalue weighted by molar-refractivity contribution is 4.87. The van der Waals surface area contributed by atoms with Crippen molar-refractivity contribution in [2.75, 3.05) is 14.2 Å². The molecule has 7 heteroatoms. The lowest BCUT2D eigenvalue weighted by molar-refractivity contribution is -0.121. The minimum absolute atomic E-state index is 0.464. The van der Waals surface area contributed by atoms with Crippen LogP contribution < -0.4 is 11.2 Å². The number of rotatable bonds is 6. The van der Waals surface area contributed by atoms with Crippen molar-refractivity contribution in [3.8, 4) is 0 Å². The molecule has 1 rings (SSSR count). The van der Waals surface area contributed by atoms with Crippen molar-refractivity contribution in [1.82, 2.24) is 9.55 Å². The van der Waals surface area contributed by atoms with Gasteiger partial charge in [0, 0.05) is 26.5 Å². The maximum atomic E-state index is 11.6. The Morgan fingerprint density at radius 3 is 2.50 bits per heavy atom. The Kier molecular flexibility index (Phi) is 5.26. The van der Waals surface area contributed by atoms with Gasteiger partial charge in [-0.25, -0.2) is 4.79 Å². The number of aromatic amines is 1. The summed E-state index contributed by atoms with van der Waals surface area (Å²) in [5.74, 6) is 0. The number of H-pyrrole nitrogens is 1. The van der Waals surface area contributed by atoms with Gasteiger partial charge in [-0.3, -0.25) is 14.3 Å². The summed E-state index contributed by atoms with van der Waals surface area (Å²) in [4.78, 5) is 24.7. The van der Waals surface area contributed by atoms with E-state index in [-0.39, 0.29) is 0 Å². The predicted molar refractivity (Wildman–Crippen MR) is 64.5 cm³/mol. The molecule has 18 heavy (non-hydrogen) atoms. The van der Waals surface area contributed by atoms with Gasteiger partial charge in [-0.1, -0.05) is 6.92 Å². The number of hydrogen-bond acceptors (Lipinski definition) is 5. The summed E-state index contributed by atoms with van der Waals surface area (Å²) in [5.41, 5.74) is -1.14. The van der Waals surface area contributed by atoms with Gasteiger partial charge in [-0.2, -0.15) is 0 Å². The second-order valence-electron chi connectivity index (χ2n) is 3.82. The topological polar surface area (TPSA) is 93.5 Å². The van der Waals surface area contributed by atoms with Crippen LogP contribution in [-0.2, 0) is 9.47 Å². The van der Waals surface area contributed by atoms with Crippen molar-refractivity contribution >= 4 is 0 Å². The van der Waals surface area contributed by atoms with E-state index in [1.54, 1.807) is 0 Å². The first-order valence-electron chi connectivity index (χ1n) is 5.60. The molecule has 0 aliphatic carbocycles. The monoisotopic (exact) mass is 258 g/mol. The van der Waals surface area contributed by atoms with E-state index in [0.717, 1.165) is 4.57 Å². The van der Waals surface area contributed by atoms with E-state index >= 15 is 0 Å². The average Bonchev–Trinajstić information content (AvgIpc) is 2.34. The Labute approximate surface area is 104 Å². The van der Waals surface area contributed by atoms with Crippen LogP contribution in [0.2, 0.25) is 0 Å². The Morgan fingerprint density at radius 1 is 1.39 bits per heavy atom. The maximum Gasteiger partial charge on any atom is 0.330 e. The van der Waals surface area contributed by atoms with E-state index in [9.17, 15) is 14.7 Å². The van der Waals surface area contributed by atoms with E-state index in [0.29, 0.717) is 6.42 Å². The zero-order chi connectivity index (χ0) is 13.7. The molecule has 0 radical (unpaired) electrons. The van der Waals surface area contributed by atoms with Crippen LogP contribution in [0.1, 0.15) is 19.6 Å². The molecule has 2 N–H and O–H groups in total. The van der Waals surface area contributed by atoms with Gasteiger partial charge >= 0.3 is 5.69 Å². The van der Waals surface area contributed by atoms with E-state index in [1.807, 2.05) is 6.92 Å². The third-order valence-corrected chi connectivity index (χ3v) is 2.75. The number of aromatic nitrogens is 2. The lowest BCUT2D eigenvalue weighted by atomic mass is 10.1.